The van der Waals surface area contributed by atoms with E-state index in [-0.39, 0.29) is 24.8 Å². The summed E-state index contributed by atoms with van der Waals surface area (Å²) >= 11 is 0. The van der Waals surface area contributed by atoms with Gasteiger partial charge in [-0.05, 0) is 7.05 Å². The molecular formula is C13H22N2O3. The van der Waals surface area contributed by atoms with Gasteiger partial charge in [0.15, 0.2) is 0 Å². The Hall–Kier alpha value is -1.62. The summed E-state index contributed by atoms with van der Waals surface area (Å²) in [6.07, 6.45) is 3.63. The molecule has 0 bridgehead atoms. The Morgan fingerprint density at radius 2 is 1.78 bits per heavy atom. The lowest BCUT2D eigenvalue weighted by atomic mass is 10.3. The first-order chi connectivity index (χ1) is 8.54. The van der Waals surface area contributed by atoms with Crippen LogP contribution in [0, 0.1) is 0 Å². The number of likely N-dealkylation sites (N-methyl/N-ethyl adjacent to an activating group) is 1. The van der Waals surface area contributed by atoms with Crippen LogP contribution in [0.15, 0.2) is 25.3 Å². The number of amides is 1. The molecule has 102 valence electrons. The number of carbonyl (C=O) groups excluding carboxylic acids is 2. The fraction of sp³-hybridized carbons (Fsp3) is 0.538. The Kier molecular flexibility index (Phi) is 8.57. The van der Waals surface area contributed by atoms with Crippen molar-refractivity contribution in [2.45, 2.75) is 6.42 Å². The molecule has 0 unspecified atom stereocenters. The average Bonchev–Trinajstić information content (AvgIpc) is 2.35. The van der Waals surface area contributed by atoms with Gasteiger partial charge in [-0.25, -0.2) is 0 Å². The third-order valence-corrected chi connectivity index (χ3v) is 2.38. The Balaban J connectivity index is 4.13. The molecule has 0 rings (SSSR count). The van der Waals surface area contributed by atoms with E-state index in [2.05, 4.69) is 17.9 Å². The molecule has 0 fully saturated rings. The van der Waals surface area contributed by atoms with E-state index in [0.717, 1.165) is 0 Å². The van der Waals surface area contributed by atoms with Crippen LogP contribution in [0.5, 0.6) is 0 Å². The maximum Gasteiger partial charge on any atom is 0.306 e. The predicted octanol–water partition coefficient (Wildman–Crippen LogP) is 0.682. The summed E-state index contributed by atoms with van der Waals surface area (Å²) in [4.78, 5) is 26.3. The summed E-state index contributed by atoms with van der Waals surface area (Å²) in [6.45, 7) is 8.97. The van der Waals surface area contributed by atoms with Gasteiger partial charge in [0.05, 0.1) is 20.1 Å². The van der Waals surface area contributed by atoms with E-state index in [0.29, 0.717) is 19.6 Å². The zero-order chi connectivity index (χ0) is 14.0. The molecule has 0 atom stereocenters. The minimum atomic E-state index is -0.275. The molecular weight excluding hydrogens is 232 g/mol. The predicted molar refractivity (Wildman–Crippen MR) is 71.1 cm³/mol. The van der Waals surface area contributed by atoms with Crippen molar-refractivity contribution in [3.05, 3.63) is 25.3 Å². The molecule has 0 aromatic carbocycles. The molecule has 0 aromatic rings. The highest BCUT2D eigenvalue weighted by molar-refractivity contribution is 5.78. The SMILES string of the molecule is C=CCN(CC=C)C(=O)CN(C)CCC(=O)OC. The van der Waals surface area contributed by atoms with Crippen LogP contribution in [0.2, 0.25) is 0 Å². The summed E-state index contributed by atoms with van der Waals surface area (Å²) in [7, 11) is 3.14. The smallest absolute Gasteiger partial charge is 0.306 e. The van der Waals surface area contributed by atoms with Crippen LogP contribution in [-0.4, -0.2) is 62.0 Å². The number of hydrogen-bond acceptors (Lipinski definition) is 4. The van der Waals surface area contributed by atoms with Gasteiger partial charge in [-0.3, -0.25) is 14.5 Å². The minimum Gasteiger partial charge on any atom is -0.469 e. The molecule has 0 aliphatic heterocycles. The molecule has 0 aliphatic carbocycles. The molecule has 5 heteroatoms. The van der Waals surface area contributed by atoms with Gasteiger partial charge in [-0.2, -0.15) is 0 Å². The molecule has 0 N–H and O–H groups in total. The molecule has 0 spiro atoms. The monoisotopic (exact) mass is 254 g/mol. The third kappa shape index (κ3) is 6.85. The van der Waals surface area contributed by atoms with Crippen LogP contribution in [0.1, 0.15) is 6.42 Å². The van der Waals surface area contributed by atoms with Gasteiger partial charge in [0.25, 0.3) is 0 Å². The summed E-state index contributed by atoms with van der Waals surface area (Å²) in [6, 6.07) is 0. The van der Waals surface area contributed by atoms with E-state index in [1.54, 1.807) is 29.0 Å². The van der Waals surface area contributed by atoms with Crippen LogP contribution in [0.25, 0.3) is 0 Å². The molecule has 0 aromatic heterocycles. The Morgan fingerprint density at radius 1 is 1.22 bits per heavy atom. The molecule has 0 aliphatic rings. The molecule has 1 amide bonds. The Morgan fingerprint density at radius 3 is 2.22 bits per heavy atom. The number of esters is 1. The van der Waals surface area contributed by atoms with Crippen molar-refractivity contribution in [3.63, 3.8) is 0 Å². The number of rotatable bonds is 9. The van der Waals surface area contributed by atoms with Crippen LogP contribution in [0.4, 0.5) is 0 Å². The summed E-state index contributed by atoms with van der Waals surface area (Å²) < 4.78 is 4.54. The largest absolute Gasteiger partial charge is 0.469 e. The molecule has 18 heavy (non-hydrogen) atoms. The first-order valence-electron chi connectivity index (χ1n) is 5.80. The molecule has 0 saturated heterocycles. The zero-order valence-electron chi connectivity index (χ0n) is 11.2. The molecule has 0 heterocycles. The van der Waals surface area contributed by atoms with Gasteiger partial charge < -0.3 is 9.64 Å². The Labute approximate surface area is 109 Å². The maximum absolute atomic E-state index is 11.9. The number of ether oxygens (including phenoxy) is 1. The van der Waals surface area contributed by atoms with E-state index in [4.69, 9.17) is 0 Å². The minimum absolute atomic E-state index is 0.0119. The van der Waals surface area contributed by atoms with Crippen molar-refractivity contribution >= 4 is 11.9 Å². The molecule has 0 radical (unpaired) electrons. The average molecular weight is 254 g/mol. The van der Waals surface area contributed by atoms with Gasteiger partial charge in [0.2, 0.25) is 5.91 Å². The van der Waals surface area contributed by atoms with Crippen LogP contribution < -0.4 is 0 Å². The second-order valence-corrected chi connectivity index (χ2v) is 3.94. The molecule has 5 nitrogen and oxygen atoms in total. The molecule has 0 saturated carbocycles. The third-order valence-electron chi connectivity index (χ3n) is 2.38. The highest BCUT2D eigenvalue weighted by Gasteiger charge is 2.13. The zero-order valence-corrected chi connectivity index (χ0v) is 11.2. The van der Waals surface area contributed by atoms with Crippen molar-refractivity contribution in [2.75, 3.05) is 40.3 Å². The normalized spacial score (nSPS) is 9.94. The highest BCUT2D eigenvalue weighted by atomic mass is 16.5. The van der Waals surface area contributed by atoms with Crippen LogP contribution in [-0.2, 0) is 14.3 Å². The number of methoxy groups -OCH3 is 1. The van der Waals surface area contributed by atoms with Gasteiger partial charge >= 0.3 is 5.97 Å². The summed E-state index contributed by atoms with van der Waals surface area (Å²) in [5, 5.41) is 0. The fourth-order valence-electron chi connectivity index (χ4n) is 1.38. The second-order valence-electron chi connectivity index (χ2n) is 3.94. The quantitative estimate of drug-likeness (QED) is 0.448. The van der Waals surface area contributed by atoms with Crippen LogP contribution in [0.3, 0.4) is 0 Å². The van der Waals surface area contributed by atoms with E-state index >= 15 is 0 Å². The van der Waals surface area contributed by atoms with E-state index in [1.165, 1.54) is 7.11 Å². The van der Waals surface area contributed by atoms with Gasteiger partial charge in [0, 0.05) is 19.6 Å². The second kappa shape index (κ2) is 9.41. The standard InChI is InChI=1S/C13H22N2O3/c1-5-8-15(9-6-2)12(16)11-14(3)10-7-13(17)18-4/h5-6H,1-2,7-11H2,3-4H3. The summed E-state index contributed by atoms with van der Waals surface area (Å²) in [5.41, 5.74) is 0. The topological polar surface area (TPSA) is 49.9 Å². The van der Waals surface area contributed by atoms with Crippen molar-refractivity contribution < 1.29 is 14.3 Å². The van der Waals surface area contributed by atoms with E-state index in [9.17, 15) is 9.59 Å². The van der Waals surface area contributed by atoms with Crippen LogP contribution >= 0.6 is 0 Å². The first kappa shape index (κ1) is 16.4. The van der Waals surface area contributed by atoms with E-state index < -0.39 is 0 Å². The number of carbonyl (C=O) groups is 2. The van der Waals surface area contributed by atoms with Crippen molar-refractivity contribution in [1.82, 2.24) is 9.80 Å². The van der Waals surface area contributed by atoms with Crippen molar-refractivity contribution in [1.29, 1.82) is 0 Å². The van der Waals surface area contributed by atoms with Crippen molar-refractivity contribution in [2.24, 2.45) is 0 Å². The number of nitrogens with zero attached hydrogens (tertiary/aromatic N) is 2. The maximum atomic E-state index is 11.9. The first-order valence-corrected chi connectivity index (χ1v) is 5.80. The summed E-state index contributed by atoms with van der Waals surface area (Å²) in [5.74, 6) is -0.287. The lowest BCUT2D eigenvalue weighted by Crippen LogP contribution is -2.39. The van der Waals surface area contributed by atoms with E-state index in [1.807, 2.05) is 0 Å². The van der Waals surface area contributed by atoms with Gasteiger partial charge in [-0.1, -0.05) is 12.2 Å². The fourth-order valence-corrected chi connectivity index (χ4v) is 1.38. The number of hydrogen-bond donors (Lipinski definition) is 0. The lowest BCUT2D eigenvalue weighted by molar-refractivity contribution is -0.141. The Bertz CT molecular complexity index is 293. The lowest BCUT2D eigenvalue weighted by Gasteiger charge is -2.23. The van der Waals surface area contributed by atoms with Gasteiger partial charge in [0.1, 0.15) is 0 Å². The van der Waals surface area contributed by atoms with Crippen molar-refractivity contribution in [3.8, 4) is 0 Å². The highest BCUT2D eigenvalue weighted by Crippen LogP contribution is 1.96. The van der Waals surface area contributed by atoms with Gasteiger partial charge in [-0.15, -0.1) is 13.2 Å².